The van der Waals surface area contributed by atoms with E-state index in [1.54, 1.807) is 7.05 Å². The minimum atomic E-state index is -0.234. The highest BCUT2D eigenvalue weighted by Gasteiger charge is 2.08. The second-order valence-electron chi connectivity index (χ2n) is 2.26. The number of carbonyl (C=O) groups is 2. The van der Waals surface area contributed by atoms with E-state index in [0.717, 1.165) is 19.1 Å². The van der Waals surface area contributed by atoms with Crippen molar-refractivity contribution in [2.24, 2.45) is 0 Å². The first-order valence-corrected chi connectivity index (χ1v) is 3.38. The summed E-state index contributed by atoms with van der Waals surface area (Å²) in [4.78, 5) is 21.8. The predicted molar refractivity (Wildman–Crippen MR) is 38.6 cm³/mol. The molecule has 0 aromatic rings. The number of likely N-dealkylation sites (N-methyl/N-ethyl adjacent to an activating group) is 1. The van der Waals surface area contributed by atoms with Gasteiger partial charge in [-0.2, -0.15) is 0 Å². The molecule has 0 N–H and O–H groups in total. The van der Waals surface area contributed by atoms with E-state index >= 15 is 0 Å². The van der Waals surface area contributed by atoms with Crippen molar-refractivity contribution in [2.75, 3.05) is 7.05 Å². The van der Waals surface area contributed by atoms with Gasteiger partial charge < -0.3 is 9.69 Å². The summed E-state index contributed by atoms with van der Waals surface area (Å²) in [5, 5.41) is 0. The van der Waals surface area contributed by atoms with Crippen LogP contribution in [-0.2, 0) is 9.59 Å². The van der Waals surface area contributed by atoms with Crippen LogP contribution in [0.3, 0.4) is 0 Å². The summed E-state index contributed by atoms with van der Waals surface area (Å²) in [6, 6.07) is -0.234. The lowest BCUT2D eigenvalue weighted by Gasteiger charge is -2.17. The molecule has 1 unspecified atom stereocenters. The Kier molecular flexibility index (Phi) is 4.54. The molecule has 0 aliphatic rings. The number of hydrogen-bond donors (Lipinski definition) is 0. The van der Waals surface area contributed by atoms with Crippen molar-refractivity contribution in [2.45, 2.75) is 25.8 Å². The molecule has 0 aliphatic carbocycles. The van der Waals surface area contributed by atoms with Gasteiger partial charge in [0.05, 0.1) is 6.04 Å². The molecule has 0 aromatic carbocycles. The summed E-state index contributed by atoms with van der Waals surface area (Å²) in [6.07, 6.45) is 3.15. The molecule has 3 nitrogen and oxygen atoms in total. The van der Waals surface area contributed by atoms with E-state index in [0.29, 0.717) is 6.41 Å². The minimum Gasteiger partial charge on any atom is -0.339 e. The second-order valence-corrected chi connectivity index (χ2v) is 2.26. The van der Waals surface area contributed by atoms with Crippen LogP contribution in [0.4, 0.5) is 0 Å². The van der Waals surface area contributed by atoms with E-state index in [9.17, 15) is 9.59 Å². The third-order valence-electron chi connectivity index (χ3n) is 1.43. The molecule has 1 atom stereocenters. The first-order valence-electron chi connectivity index (χ1n) is 3.38. The van der Waals surface area contributed by atoms with Gasteiger partial charge in [-0.05, 0) is 6.42 Å². The number of nitrogens with zero attached hydrogens (tertiary/aromatic N) is 1. The fourth-order valence-electron chi connectivity index (χ4n) is 0.742. The number of hydrogen-bond acceptors (Lipinski definition) is 2. The summed E-state index contributed by atoms with van der Waals surface area (Å²) < 4.78 is 0. The standard InChI is InChI=1S/C7H13NO2/c1-3-4-7(5-9)8(2)6-10/h5-7H,3-4H2,1-2H3. The highest BCUT2D eigenvalue weighted by Crippen LogP contribution is 1.98. The lowest BCUT2D eigenvalue weighted by atomic mass is 10.2. The Bertz CT molecular complexity index is 114. The van der Waals surface area contributed by atoms with Gasteiger partial charge in [0.1, 0.15) is 6.29 Å². The van der Waals surface area contributed by atoms with E-state index in [4.69, 9.17) is 0 Å². The van der Waals surface area contributed by atoms with Crippen LogP contribution in [0.1, 0.15) is 19.8 Å². The van der Waals surface area contributed by atoms with Gasteiger partial charge in [-0.1, -0.05) is 13.3 Å². The fourth-order valence-corrected chi connectivity index (χ4v) is 0.742. The largest absolute Gasteiger partial charge is 0.339 e. The number of rotatable bonds is 5. The molecule has 0 radical (unpaired) electrons. The van der Waals surface area contributed by atoms with Crippen molar-refractivity contribution in [3.63, 3.8) is 0 Å². The van der Waals surface area contributed by atoms with Gasteiger partial charge in [-0.25, -0.2) is 0 Å². The summed E-state index contributed by atoms with van der Waals surface area (Å²) in [6.45, 7) is 1.98. The smallest absolute Gasteiger partial charge is 0.210 e. The monoisotopic (exact) mass is 143 g/mol. The van der Waals surface area contributed by atoms with Crippen LogP contribution < -0.4 is 0 Å². The zero-order valence-electron chi connectivity index (χ0n) is 6.41. The zero-order chi connectivity index (χ0) is 7.98. The van der Waals surface area contributed by atoms with Crippen molar-refractivity contribution in [3.05, 3.63) is 0 Å². The molecule has 0 aromatic heterocycles. The Hall–Kier alpha value is -0.860. The lowest BCUT2D eigenvalue weighted by molar-refractivity contribution is -0.124. The molecule has 0 bridgehead atoms. The molecule has 1 amide bonds. The van der Waals surface area contributed by atoms with Crippen LogP contribution in [0.5, 0.6) is 0 Å². The fraction of sp³-hybridized carbons (Fsp3) is 0.714. The van der Waals surface area contributed by atoms with Crippen LogP contribution in [0.25, 0.3) is 0 Å². The average molecular weight is 143 g/mol. The van der Waals surface area contributed by atoms with Crippen LogP contribution in [0.15, 0.2) is 0 Å². The van der Waals surface area contributed by atoms with Crippen LogP contribution >= 0.6 is 0 Å². The van der Waals surface area contributed by atoms with Gasteiger partial charge in [0.25, 0.3) is 0 Å². The number of aldehydes is 1. The van der Waals surface area contributed by atoms with Crippen molar-refractivity contribution in [1.29, 1.82) is 0 Å². The van der Waals surface area contributed by atoms with Crippen LogP contribution in [-0.4, -0.2) is 30.7 Å². The first-order chi connectivity index (χ1) is 4.76. The van der Waals surface area contributed by atoms with Gasteiger partial charge in [0.2, 0.25) is 6.41 Å². The Morgan fingerprint density at radius 3 is 2.40 bits per heavy atom. The second kappa shape index (κ2) is 4.97. The Balaban J connectivity index is 3.78. The van der Waals surface area contributed by atoms with E-state index in [2.05, 4.69) is 0 Å². The minimum absolute atomic E-state index is 0.234. The normalized spacial score (nSPS) is 12.2. The average Bonchev–Trinajstić information content (AvgIpc) is 1.99. The SMILES string of the molecule is CCCC(C=O)N(C)C=O. The first kappa shape index (κ1) is 9.14. The summed E-state index contributed by atoms with van der Waals surface area (Å²) in [7, 11) is 1.61. The Morgan fingerprint density at radius 1 is 1.50 bits per heavy atom. The van der Waals surface area contributed by atoms with Crippen molar-refractivity contribution in [1.82, 2.24) is 4.90 Å². The van der Waals surface area contributed by atoms with Gasteiger partial charge in [-0.15, -0.1) is 0 Å². The highest BCUT2D eigenvalue weighted by atomic mass is 16.1. The molecule has 0 fully saturated rings. The Labute approximate surface area is 61.0 Å². The van der Waals surface area contributed by atoms with Gasteiger partial charge in [0.15, 0.2) is 0 Å². The molecule has 10 heavy (non-hydrogen) atoms. The Morgan fingerprint density at radius 2 is 2.10 bits per heavy atom. The lowest BCUT2D eigenvalue weighted by Crippen LogP contribution is -2.31. The summed E-state index contributed by atoms with van der Waals surface area (Å²) in [5.41, 5.74) is 0. The third kappa shape index (κ3) is 2.62. The third-order valence-corrected chi connectivity index (χ3v) is 1.43. The van der Waals surface area contributed by atoms with E-state index < -0.39 is 0 Å². The molecule has 58 valence electrons. The molecule has 0 saturated carbocycles. The topological polar surface area (TPSA) is 37.4 Å². The predicted octanol–water partition coefficient (Wildman–Crippen LogP) is 0.442. The maximum atomic E-state index is 10.3. The van der Waals surface area contributed by atoms with E-state index in [-0.39, 0.29) is 6.04 Å². The molecule has 0 saturated heterocycles. The molecule has 3 heteroatoms. The number of amides is 1. The van der Waals surface area contributed by atoms with Crippen molar-refractivity contribution in [3.8, 4) is 0 Å². The molecule has 0 rings (SSSR count). The highest BCUT2D eigenvalue weighted by molar-refractivity contribution is 5.63. The van der Waals surface area contributed by atoms with Gasteiger partial charge in [-0.3, -0.25) is 4.79 Å². The molecule has 0 heterocycles. The maximum Gasteiger partial charge on any atom is 0.210 e. The van der Waals surface area contributed by atoms with Crippen molar-refractivity contribution < 1.29 is 9.59 Å². The summed E-state index contributed by atoms with van der Waals surface area (Å²) >= 11 is 0. The zero-order valence-corrected chi connectivity index (χ0v) is 6.41. The van der Waals surface area contributed by atoms with Crippen molar-refractivity contribution >= 4 is 12.7 Å². The summed E-state index contributed by atoms with van der Waals surface area (Å²) in [5.74, 6) is 0. The van der Waals surface area contributed by atoms with E-state index in [1.807, 2.05) is 6.92 Å². The van der Waals surface area contributed by atoms with Crippen LogP contribution in [0.2, 0.25) is 0 Å². The molecule has 0 aliphatic heterocycles. The molecular formula is C7H13NO2. The number of carbonyl (C=O) groups excluding carboxylic acids is 2. The molecule has 0 spiro atoms. The van der Waals surface area contributed by atoms with Crippen LogP contribution in [0, 0.1) is 0 Å². The van der Waals surface area contributed by atoms with E-state index in [1.165, 1.54) is 4.90 Å². The molecular weight excluding hydrogens is 130 g/mol. The van der Waals surface area contributed by atoms with Gasteiger partial charge >= 0.3 is 0 Å². The maximum absolute atomic E-state index is 10.3. The quantitative estimate of drug-likeness (QED) is 0.524. The van der Waals surface area contributed by atoms with Gasteiger partial charge in [0, 0.05) is 7.05 Å².